The number of amides is 1. The van der Waals surface area contributed by atoms with Crippen LogP contribution in [0.25, 0.3) is 0 Å². The van der Waals surface area contributed by atoms with Crippen LogP contribution in [-0.4, -0.2) is 32.6 Å². The van der Waals surface area contributed by atoms with Gasteiger partial charge in [0, 0.05) is 44.0 Å². The first-order valence-electron chi connectivity index (χ1n) is 6.05. The van der Waals surface area contributed by atoms with Crippen LogP contribution in [0.2, 0.25) is 5.02 Å². The van der Waals surface area contributed by atoms with Crippen LogP contribution in [0, 0.1) is 10.1 Å². The minimum atomic E-state index is -0.587. The van der Waals surface area contributed by atoms with E-state index in [9.17, 15) is 14.9 Å². The van der Waals surface area contributed by atoms with Crippen LogP contribution in [0.3, 0.4) is 0 Å². The molecule has 0 saturated carbocycles. The van der Waals surface area contributed by atoms with Gasteiger partial charge in [-0.05, 0) is 12.1 Å². The van der Waals surface area contributed by atoms with Crippen LogP contribution in [0.4, 0.5) is 5.69 Å². The van der Waals surface area contributed by atoms with Gasteiger partial charge in [-0.15, -0.1) is 0 Å². The van der Waals surface area contributed by atoms with Crippen LogP contribution in [0.15, 0.2) is 30.6 Å². The van der Waals surface area contributed by atoms with Crippen LogP contribution < -0.4 is 0 Å². The predicted molar refractivity (Wildman–Crippen MR) is 77.1 cm³/mol. The number of carbonyl (C=O) groups excluding carboxylic acids is 1. The zero-order valence-corrected chi connectivity index (χ0v) is 12.2. The smallest absolute Gasteiger partial charge is 0.287 e. The van der Waals surface area contributed by atoms with Crippen molar-refractivity contribution in [3.05, 3.63) is 56.9 Å². The van der Waals surface area contributed by atoms with Crippen molar-refractivity contribution in [1.82, 2.24) is 14.7 Å². The van der Waals surface area contributed by atoms with Crippen LogP contribution in [0.5, 0.6) is 0 Å². The summed E-state index contributed by atoms with van der Waals surface area (Å²) in [6, 6.07) is 3.93. The summed E-state index contributed by atoms with van der Waals surface area (Å²) in [6.07, 6.45) is 3.49. The van der Waals surface area contributed by atoms with E-state index in [1.807, 2.05) is 6.20 Å². The lowest BCUT2D eigenvalue weighted by Gasteiger charge is -2.16. The molecule has 0 radical (unpaired) electrons. The number of carbonyl (C=O) groups is 1. The molecule has 0 N–H and O–H groups in total. The van der Waals surface area contributed by atoms with E-state index in [1.54, 1.807) is 25.0 Å². The highest BCUT2D eigenvalue weighted by Crippen LogP contribution is 2.25. The van der Waals surface area contributed by atoms with Gasteiger partial charge < -0.3 is 4.90 Å². The minimum Gasteiger partial charge on any atom is -0.337 e. The third kappa shape index (κ3) is 3.38. The van der Waals surface area contributed by atoms with Gasteiger partial charge in [0.1, 0.15) is 5.02 Å². The van der Waals surface area contributed by atoms with Crippen molar-refractivity contribution >= 4 is 23.2 Å². The quantitative estimate of drug-likeness (QED) is 0.641. The standard InChI is InChI=1S/C13H13ClN4O3/c1-16(7-9-6-15-17(2)8-9)13(19)10-3-4-12(18(20)21)11(14)5-10/h3-6,8H,7H2,1-2H3. The van der Waals surface area contributed by atoms with Gasteiger partial charge in [0.25, 0.3) is 11.6 Å². The normalized spacial score (nSPS) is 10.4. The monoisotopic (exact) mass is 308 g/mol. The Morgan fingerprint density at radius 2 is 2.24 bits per heavy atom. The summed E-state index contributed by atoms with van der Waals surface area (Å²) in [5.41, 5.74) is 0.974. The molecule has 1 aromatic carbocycles. The summed E-state index contributed by atoms with van der Waals surface area (Å²) in [4.78, 5) is 23.9. The molecule has 0 spiro atoms. The summed E-state index contributed by atoms with van der Waals surface area (Å²) in [5.74, 6) is -0.268. The molecule has 0 fully saturated rings. The fourth-order valence-electron chi connectivity index (χ4n) is 1.91. The Hall–Kier alpha value is -2.41. The first-order chi connectivity index (χ1) is 9.88. The van der Waals surface area contributed by atoms with E-state index in [-0.39, 0.29) is 16.6 Å². The van der Waals surface area contributed by atoms with Gasteiger partial charge in [0.05, 0.1) is 11.1 Å². The maximum absolute atomic E-state index is 12.3. The molecular weight excluding hydrogens is 296 g/mol. The zero-order valence-electron chi connectivity index (χ0n) is 11.5. The van der Waals surface area contributed by atoms with Crippen LogP contribution >= 0.6 is 11.6 Å². The molecule has 110 valence electrons. The zero-order chi connectivity index (χ0) is 15.6. The molecule has 0 aliphatic carbocycles. The van der Waals surface area contributed by atoms with Crippen molar-refractivity contribution in [2.45, 2.75) is 6.54 Å². The Labute approximate surface area is 125 Å². The lowest BCUT2D eigenvalue weighted by Crippen LogP contribution is -2.26. The number of aromatic nitrogens is 2. The number of aryl methyl sites for hydroxylation is 1. The molecule has 21 heavy (non-hydrogen) atoms. The van der Waals surface area contributed by atoms with Crippen molar-refractivity contribution in [3.63, 3.8) is 0 Å². The molecular formula is C13H13ClN4O3. The van der Waals surface area contributed by atoms with Crippen LogP contribution in [0.1, 0.15) is 15.9 Å². The predicted octanol–water partition coefficient (Wildman–Crippen LogP) is 2.25. The Kier molecular flexibility index (Phi) is 4.23. The molecule has 8 heteroatoms. The second-order valence-electron chi connectivity index (χ2n) is 4.61. The van der Waals surface area contributed by atoms with Gasteiger partial charge in [0.15, 0.2) is 0 Å². The molecule has 0 aliphatic rings. The summed E-state index contributed by atoms with van der Waals surface area (Å²) in [5, 5.41) is 14.7. The highest BCUT2D eigenvalue weighted by Gasteiger charge is 2.18. The van der Waals surface area contributed by atoms with E-state index in [1.165, 1.54) is 23.1 Å². The molecule has 1 amide bonds. The average Bonchev–Trinajstić information content (AvgIpc) is 2.82. The highest BCUT2D eigenvalue weighted by atomic mass is 35.5. The second kappa shape index (κ2) is 5.92. The molecule has 0 saturated heterocycles. The minimum absolute atomic E-state index is 0.0550. The number of nitrogens with zero attached hydrogens (tertiary/aromatic N) is 4. The number of hydrogen-bond acceptors (Lipinski definition) is 4. The van der Waals surface area contributed by atoms with E-state index in [4.69, 9.17) is 11.6 Å². The summed E-state index contributed by atoms with van der Waals surface area (Å²) in [6.45, 7) is 0.390. The Morgan fingerprint density at radius 3 is 2.76 bits per heavy atom. The van der Waals surface area contributed by atoms with Gasteiger partial charge in [-0.25, -0.2) is 0 Å². The van der Waals surface area contributed by atoms with Crippen LogP contribution in [-0.2, 0) is 13.6 Å². The van der Waals surface area contributed by atoms with Gasteiger partial charge in [-0.2, -0.15) is 5.10 Å². The second-order valence-corrected chi connectivity index (χ2v) is 5.01. The molecule has 2 rings (SSSR count). The third-order valence-corrected chi connectivity index (χ3v) is 3.22. The Bertz CT molecular complexity index is 698. The lowest BCUT2D eigenvalue weighted by molar-refractivity contribution is -0.384. The van der Waals surface area contributed by atoms with E-state index in [0.717, 1.165) is 5.56 Å². The average molecular weight is 309 g/mol. The molecule has 1 heterocycles. The van der Waals surface area contributed by atoms with E-state index < -0.39 is 4.92 Å². The highest BCUT2D eigenvalue weighted by molar-refractivity contribution is 6.33. The van der Waals surface area contributed by atoms with Crippen molar-refractivity contribution in [3.8, 4) is 0 Å². The third-order valence-electron chi connectivity index (χ3n) is 2.92. The largest absolute Gasteiger partial charge is 0.337 e. The van der Waals surface area contributed by atoms with E-state index >= 15 is 0 Å². The van der Waals surface area contributed by atoms with Gasteiger partial charge >= 0.3 is 0 Å². The maximum atomic E-state index is 12.3. The number of halogens is 1. The van der Waals surface area contributed by atoms with Crippen molar-refractivity contribution < 1.29 is 9.72 Å². The van der Waals surface area contributed by atoms with Crippen molar-refractivity contribution in [2.24, 2.45) is 7.05 Å². The van der Waals surface area contributed by atoms with Crippen molar-refractivity contribution in [2.75, 3.05) is 7.05 Å². The molecule has 0 bridgehead atoms. The maximum Gasteiger partial charge on any atom is 0.287 e. The molecule has 1 aromatic heterocycles. The topological polar surface area (TPSA) is 81.3 Å². The van der Waals surface area contributed by atoms with Gasteiger partial charge in [-0.1, -0.05) is 11.6 Å². The summed E-state index contributed by atoms with van der Waals surface area (Å²) in [7, 11) is 3.44. The number of nitro benzene ring substituents is 1. The molecule has 2 aromatic rings. The first kappa shape index (κ1) is 15.0. The van der Waals surface area contributed by atoms with E-state index in [0.29, 0.717) is 12.1 Å². The fourth-order valence-corrected chi connectivity index (χ4v) is 2.16. The van der Waals surface area contributed by atoms with Gasteiger partial charge in [-0.3, -0.25) is 19.6 Å². The molecule has 0 atom stereocenters. The van der Waals surface area contributed by atoms with Crippen molar-refractivity contribution in [1.29, 1.82) is 0 Å². The number of rotatable bonds is 4. The number of hydrogen-bond donors (Lipinski definition) is 0. The van der Waals surface area contributed by atoms with E-state index in [2.05, 4.69) is 5.10 Å². The first-order valence-corrected chi connectivity index (χ1v) is 6.43. The Balaban J connectivity index is 2.15. The number of nitro groups is 1. The molecule has 0 aliphatic heterocycles. The molecule has 7 nitrogen and oxygen atoms in total. The fraction of sp³-hybridized carbons (Fsp3) is 0.231. The summed E-state index contributed by atoms with van der Waals surface area (Å²) >= 11 is 5.81. The molecule has 0 unspecified atom stereocenters. The summed E-state index contributed by atoms with van der Waals surface area (Å²) < 4.78 is 1.65. The van der Waals surface area contributed by atoms with Gasteiger partial charge in [0.2, 0.25) is 0 Å². The number of benzene rings is 1. The lowest BCUT2D eigenvalue weighted by atomic mass is 10.1. The Morgan fingerprint density at radius 1 is 1.52 bits per heavy atom. The SMILES string of the molecule is CN(Cc1cnn(C)c1)C(=O)c1ccc([N+](=O)[O-])c(Cl)c1.